The highest BCUT2D eigenvalue weighted by atomic mass is 19.1. The van der Waals surface area contributed by atoms with Crippen LogP contribution in [-0.4, -0.2) is 28.8 Å². The molecular weight excluding hydrogens is 379 g/mol. The van der Waals surface area contributed by atoms with Crippen molar-refractivity contribution in [3.05, 3.63) is 71.0 Å². The molecule has 0 radical (unpaired) electrons. The number of halogens is 1. The molecule has 4 nitrogen and oxygen atoms in total. The van der Waals surface area contributed by atoms with Crippen molar-refractivity contribution in [2.24, 2.45) is 0 Å². The van der Waals surface area contributed by atoms with E-state index in [-0.39, 0.29) is 36.6 Å². The lowest BCUT2D eigenvalue weighted by atomic mass is 9.95. The van der Waals surface area contributed by atoms with Gasteiger partial charge in [0.25, 0.3) is 0 Å². The highest BCUT2D eigenvalue weighted by Crippen LogP contribution is 2.19. The molecule has 1 atom stereocenters. The molecule has 1 N–H and O–H groups in total. The van der Waals surface area contributed by atoms with Crippen molar-refractivity contribution in [1.82, 2.24) is 10.2 Å². The number of nitrogens with one attached hydrogen (secondary N) is 1. The monoisotopic (exact) mass is 410 g/mol. The number of aryl methyl sites for hydroxylation is 1. The second-order valence-corrected chi connectivity index (χ2v) is 8.27. The summed E-state index contributed by atoms with van der Waals surface area (Å²) >= 11 is 0. The number of nitrogens with zero attached hydrogens (tertiary/aromatic N) is 1. The molecule has 0 aliphatic heterocycles. The van der Waals surface area contributed by atoms with Crippen LogP contribution in [0.25, 0.3) is 0 Å². The number of carbonyl (C=O) groups excluding carboxylic acids is 2. The molecule has 0 aromatic heterocycles. The zero-order valence-electron chi connectivity index (χ0n) is 17.9. The molecule has 30 heavy (non-hydrogen) atoms. The average molecular weight is 411 g/mol. The zero-order chi connectivity index (χ0) is 21.5. The SMILES string of the molecule is Cc1ccccc1CC(=O)N(Cc1ccc(F)cc1)[C@@H](C)C(=O)NC1CCCCC1. The van der Waals surface area contributed by atoms with E-state index in [2.05, 4.69) is 5.32 Å². The summed E-state index contributed by atoms with van der Waals surface area (Å²) in [5, 5.41) is 3.13. The first-order valence-electron chi connectivity index (χ1n) is 10.8. The molecule has 3 rings (SSSR count). The molecule has 5 heteroatoms. The fourth-order valence-electron chi connectivity index (χ4n) is 4.01. The van der Waals surface area contributed by atoms with Crippen molar-refractivity contribution in [3.63, 3.8) is 0 Å². The Labute approximate surface area is 178 Å². The standard InChI is InChI=1S/C25H31FN2O2/c1-18-8-6-7-9-21(18)16-24(29)28(17-20-12-14-22(26)15-13-20)19(2)25(30)27-23-10-4-3-5-11-23/h6-9,12-15,19,23H,3-5,10-11,16-17H2,1-2H3,(H,27,30)/t19-/m0/s1. The van der Waals surface area contributed by atoms with Gasteiger partial charge in [0.1, 0.15) is 11.9 Å². The van der Waals surface area contributed by atoms with Gasteiger partial charge in [-0.25, -0.2) is 4.39 Å². The van der Waals surface area contributed by atoms with E-state index < -0.39 is 6.04 Å². The molecule has 0 spiro atoms. The summed E-state index contributed by atoms with van der Waals surface area (Å²) < 4.78 is 13.3. The Morgan fingerprint density at radius 2 is 1.73 bits per heavy atom. The molecule has 2 aromatic carbocycles. The minimum absolute atomic E-state index is 0.111. The number of amides is 2. The van der Waals surface area contributed by atoms with Crippen molar-refractivity contribution in [3.8, 4) is 0 Å². The van der Waals surface area contributed by atoms with Crippen LogP contribution in [0, 0.1) is 12.7 Å². The largest absolute Gasteiger partial charge is 0.352 e. The number of rotatable bonds is 7. The first-order chi connectivity index (χ1) is 14.4. The van der Waals surface area contributed by atoms with E-state index in [1.807, 2.05) is 31.2 Å². The van der Waals surface area contributed by atoms with Gasteiger partial charge in [-0.05, 0) is 55.5 Å². The third-order valence-electron chi connectivity index (χ3n) is 5.99. The highest BCUT2D eigenvalue weighted by molar-refractivity contribution is 5.88. The molecule has 1 aliphatic rings. The molecule has 0 bridgehead atoms. The number of benzene rings is 2. The maximum absolute atomic E-state index is 13.3. The average Bonchev–Trinajstić information content (AvgIpc) is 2.75. The summed E-state index contributed by atoms with van der Waals surface area (Å²) in [5.74, 6) is -0.554. The summed E-state index contributed by atoms with van der Waals surface area (Å²) in [6.07, 6.45) is 5.69. The van der Waals surface area contributed by atoms with Gasteiger partial charge in [-0.1, -0.05) is 55.7 Å². The van der Waals surface area contributed by atoms with E-state index in [0.29, 0.717) is 0 Å². The zero-order valence-corrected chi connectivity index (χ0v) is 17.9. The highest BCUT2D eigenvalue weighted by Gasteiger charge is 2.28. The summed E-state index contributed by atoms with van der Waals surface area (Å²) in [7, 11) is 0. The first kappa shape index (κ1) is 22.0. The molecule has 1 saturated carbocycles. The Kier molecular flexibility index (Phi) is 7.61. The quantitative estimate of drug-likeness (QED) is 0.728. The molecule has 2 amide bonds. The second kappa shape index (κ2) is 10.4. The van der Waals surface area contributed by atoms with Crippen molar-refractivity contribution < 1.29 is 14.0 Å². The molecule has 0 unspecified atom stereocenters. The Morgan fingerprint density at radius 1 is 1.07 bits per heavy atom. The van der Waals surface area contributed by atoms with Gasteiger partial charge >= 0.3 is 0 Å². The fraction of sp³-hybridized carbons (Fsp3) is 0.440. The number of hydrogen-bond acceptors (Lipinski definition) is 2. The van der Waals surface area contributed by atoms with Gasteiger partial charge in [-0.15, -0.1) is 0 Å². The van der Waals surface area contributed by atoms with Gasteiger partial charge < -0.3 is 10.2 Å². The van der Waals surface area contributed by atoms with E-state index in [4.69, 9.17) is 0 Å². The lowest BCUT2D eigenvalue weighted by Gasteiger charge is -2.31. The lowest BCUT2D eigenvalue weighted by Crippen LogP contribution is -2.50. The van der Waals surface area contributed by atoms with Crippen molar-refractivity contribution >= 4 is 11.8 Å². The van der Waals surface area contributed by atoms with Crippen molar-refractivity contribution in [2.75, 3.05) is 0 Å². The molecular formula is C25H31FN2O2. The fourth-order valence-corrected chi connectivity index (χ4v) is 4.01. The Hall–Kier alpha value is -2.69. The second-order valence-electron chi connectivity index (χ2n) is 8.27. The molecule has 1 aliphatic carbocycles. The summed E-state index contributed by atoms with van der Waals surface area (Å²) in [6, 6.07) is 13.4. The van der Waals surface area contributed by atoms with Crippen molar-refractivity contribution in [1.29, 1.82) is 0 Å². The predicted octanol–water partition coefficient (Wildman–Crippen LogP) is 4.54. The van der Waals surface area contributed by atoms with Crippen LogP contribution in [0.4, 0.5) is 4.39 Å². The minimum Gasteiger partial charge on any atom is -0.352 e. The smallest absolute Gasteiger partial charge is 0.242 e. The van der Waals surface area contributed by atoms with Crippen LogP contribution in [0.3, 0.4) is 0 Å². The van der Waals surface area contributed by atoms with Crippen LogP contribution in [0.2, 0.25) is 0 Å². The van der Waals surface area contributed by atoms with E-state index in [1.165, 1.54) is 18.6 Å². The van der Waals surface area contributed by atoms with Crippen LogP contribution in [0.15, 0.2) is 48.5 Å². The maximum atomic E-state index is 13.3. The third-order valence-corrected chi connectivity index (χ3v) is 5.99. The first-order valence-corrected chi connectivity index (χ1v) is 10.8. The normalized spacial score (nSPS) is 15.4. The van der Waals surface area contributed by atoms with Gasteiger partial charge in [0.15, 0.2) is 0 Å². The topological polar surface area (TPSA) is 49.4 Å². The van der Waals surface area contributed by atoms with E-state index >= 15 is 0 Å². The van der Waals surface area contributed by atoms with Crippen LogP contribution >= 0.6 is 0 Å². The van der Waals surface area contributed by atoms with Crippen molar-refractivity contribution in [2.45, 2.75) is 71.0 Å². The molecule has 1 fully saturated rings. The van der Waals surface area contributed by atoms with E-state index in [0.717, 1.165) is 42.4 Å². The summed E-state index contributed by atoms with van der Waals surface area (Å²) in [6.45, 7) is 4.02. The lowest BCUT2D eigenvalue weighted by molar-refractivity contribution is -0.140. The van der Waals surface area contributed by atoms with Gasteiger partial charge in [0.2, 0.25) is 11.8 Å². The van der Waals surface area contributed by atoms with E-state index in [9.17, 15) is 14.0 Å². The molecule has 0 saturated heterocycles. The van der Waals surface area contributed by atoms with Crippen LogP contribution in [-0.2, 0) is 22.6 Å². The van der Waals surface area contributed by atoms with Gasteiger partial charge in [-0.3, -0.25) is 9.59 Å². The Balaban J connectivity index is 1.76. The Morgan fingerprint density at radius 3 is 2.40 bits per heavy atom. The van der Waals surface area contributed by atoms with E-state index in [1.54, 1.807) is 24.0 Å². The summed E-state index contributed by atoms with van der Waals surface area (Å²) in [5.41, 5.74) is 2.80. The molecule has 2 aromatic rings. The Bertz CT molecular complexity index is 860. The summed E-state index contributed by atoms with van der Waals surface area (Å²) in [4.78, 5) is 27.8. The minimum atomic E-state index is -0.603. The third kappa shape index (κ3) is 5.91. The van der Waals surface area contributed by atoms with Crippen LogP contribution in [0.5, 0.6) is 0 Å². The van der Waals surface area contributed by atoms with Crippen LogP contribution in [0.1, 0.15) is 55.7 Å². The number of carbonyl (C=O) groups is 2. The van der Waals surface area contributed by atoms with Gasteiger partial charge in [0.05, 0.1) is 6.42 Å². The molecule has 0 heterocycles. The number of hydrogen-bond donors (Lipinski definition) is 1. The predicted molar refractivity (Wildman–Crippen MR) is 116 cm³/mol. The molecule has 160 valence electrons. The van der Waals surface area contributed by atoms with Crippen LogP contribution < -0.4 is 5.32 Å². The van der Waals surface area contributed by atoms with Gasteiger partial charge in [-0.2, -0.15) is 0 Å². The van der Waals surface area contributed by atoms with Gasteiger partial charge in [0, 0.05) is 12.6 Å². The maximum Gasteiger partial charge on any atom is 0.242 e.